The van der Waals surface area contributed by atoms with Crippen LogP contribution < -0.4 is 10.5 Å². The van der Waals surface area contributed by atoms with Crippen LogP contribution in [0.5, 0.6) is 5.75 Å². The molecule has 0 spiro atoms. The van der Waals surface area contributed by atoms with E-state index in [1.807, 2.05) is 0 Å². The van der Waals surface area contributed by atoms with E-state index in [1.54, 1.807) is 38.1 Å². The van der Waals surface area contributed by atoms with E-state index in [0.29, 0.717) is 11.3 Å². The molecule has 114 valence electrons. The van der Waals surface area contributed by atoms with Gasteiger partial charge in [0.25, 0.3) is 0 Å². The Morgan fingerprint density at radius 3 is 2.30 bits per heavy atom. The molecular formula is C14H21F3N2O. The molecule has 0 heterocycles. The molecule has 1 unspecified atom stereocenters. The molecule has 0 aliphatic rings. The number of alkyl halides is 3. The smallest absolute Gasteiger partial charge is 0.401 e. The molecule has 0 saturated carbocycles. The lowest BCUT2D eigenvalue weighted by atomic mass is 10.0. The molecule has 0 bridgehead atoms. The first-order chi connectivity index (χ1) is 9.30. The average Bonchev–Trinajstić information content (AvgIpc) is 2.37. The monoisotopic (exact) mass is 290 g/mol. The van der Waals surface area contributed by atoms with Crippen molar-refractivity contribution in [1.29, 1.82) is 0 Å². The molecule has 0 amide bonds. The van der Waals surface area contributed by atoms with Crippen LogP contribution in [0.4, 0.5) is 13.2 Å². The van der Waals surface area contributed by atoms with E-state index in [4.69, 9.17) is 10.5 Å². The van der Waals surface area contributed by atoms with E-state index >= 15 is 0 Å². The number of hydrogen-bond acceptors (Lipinski definition) is 3. The molecule has 0 aliphatic carbocycles. The van der Waals surface area contributed by atoms with Gasteiger partial charge >= 0.3 is 6.18 Å². The minimum absolute atomic E-state index is 0.0919. The van der Waals surface area contributed by atoms with Gasteiger partial charge in [0.15, 0.2) is 0 Å². The van der Waals surface area contributed by atoms with E-state index in [9.17, 15) is 13.2 Å². The minimum atomic E-state index is -4.26. The zero-order valence-electron chi connectivity index (χ0n) is 11.9. The third-order valence-corrected chi connectivity index (χ3v) is 3.15. The molecule has 1 rings (SSSR count). The van der Waals surface area contributed by atoms with E-state index in [2.05, 4.69) is 0 Å². The van der Waals surface area contributed by atoms with Crippen molar-refractivity contribution in [1.82, 2.24) is 4.90 Å². The quantitative estimate of drug-likeness (QED) is 0.875. The molecule has 2 N–H and O–H groups in total. The van der Waals surface area contributed by atoms with Crippen LogP contribution in [0.15, 0.2) is 24.3 Å². The highest BCUT2D eigenvalue weighted by atomic mass is 19.4. The Labute approximate surface area is 117 Å². The molecule has 20 heavy (non-hydrogen) atoms. The van der Waals surface area contributed by atoms with Gasteiger partial charge in [0.05, 0.1) is 19.7 Å². The maximum atomic E-state index is 12.7. The maximum Gasteiger partial charge on any atom is 0.401 e. The van der Waals surface area contributed by atoms with Gasteiger partial charge in [-0.1, -0.05) is 18.2 Å². The fourth-order valence-electron chi connectivity index (χ4n) is 2.24. The Bertz CT molecular complexity index is 421. The molecular weight excluding hydrogens is 269 g/mol. The second-order valence-electron chi connectivity index (χ2n) is 4.87. The molecule has 0 fully saturated rings. The fraction of sp³-hybridized carbons (Fsp3) is 0.571. The third kappa shape index (κ3) is 4.38. The van der Waals surface area contributed by atoms with Crippen molar-refractivity contribution in [3.05, 3.63) is 29.8 Å². The second-order valence-corrected chi connectivity index (χ2v) is 4.87. The summed E-state index contributed by atoms with van der Waals surface area (Å²) in [5.74, 6) is 0.552. The van der Waals surface area contributed by atoms with Crippen LogP contribution in [0.1, 0.15) is 25.5 Å². The number of benzene rings is 1. The van der Waals surface area contributed by atoms with Gasteiger partial charge in [-0.05, 0) is 19.9 Å². The summed E-state index contributed by atoms with van der Waals surface area (Å²) in [5, 5.41) is 0. The molecule has 0 radical (unpaired) electrons. The number of rotatable bonds is 6. The molecule has 1 atom stereocenters. The number of nitrogens with zero attached hydrogens (tertiary/aromatic N) is 1. The van der Waals surface area contributed by atoms with Crippen LogP contribution in [0, 0.1) is 0 Å². The van der Waals surface area contributed by atoms with E-state index < -0.39 is 18.8 Å². The lowest BCUT2D eigenvalue weighted by molar-refractivity contribution is -0.155. The van der Waals surface area contributed by atoms with Crippen molar-refractivity contribution in [2.75, 3.05) is 20.2 Å². The van der Waals surface area contributed by atoms with E-state index in [1.165, 1.54) is 12.0 Å². The summed E-state index contributed by atoms with van der Waals surface area (Å²) in [4.78, 5) is 1.35. The molecule has 1 aromatic carbocycles. The Morgan fingerprint density at radius 1 is 1.25 bits per heavy atom. The van der Waals surface area contributed by atoms with Crippen molar-refractivity contribution in [3.8, 4) is 5.75 Å². The summed E-state index contributed by atoms with van der Waals surface area (Å²) in [6.45, 7) is 2.55. The van der Waals surface area contributed by atoms with Gasteiger partial charge in [-0.25, -0.2) is 0 Å². The highest BCUT2D eigenvalue weighted by Crippen LogP contribution is 2.32. The van der Waals surface area contributed by atoms with Crippen molar-refractivity contribution in [3.63, 3.8) is 0 Å². The van der Waals surface area contributed by atoms with Crippen molar-refractivity contribution in [2.24, 2.45) is 5.73 Å². The van der Waals surface area contributed by atoms with Gasteiger partial charge in [-0.3, -0.25) is 4.90 Å². The zero-order valence-corrected chi connectivity index (χ0v) is 11.9. The average molecular weight is 290 g/mol. The Hall–Kier alpha value is -1.27. The van der Waals surface area contributed by atoms with Gasteiger partial charge in [0.2, 0.25) is 0 Å². The van der Waals surface area contributed by atoms with Crippen LogP contribution in [0.2, 0.25) is 0 Å². The van der Waals surface area contributed by atoms with Crippen LogP contribution in [0.3, 0.4) is 0 Å². The SMILES string of the molecule is COc1ccccc1C(CN)N(CC(F)(F)F)C(C)C. The van der Waals surface area contributed by atoms with E-state index in [-0.39, 0.29) is 12.6 Å². The number of nitrogens with two attached hydrogens (primary N) is 1. The highest BCUT2D eigenvalue weighted by molar-refractivity contribution is 5.36. The Balaban J connectivity index is 3.13. The number of ether oxygens (including phenoxy) is 1. The summed E-state index contributed by atoms with van der Waals surface area (Å²) >= 11 is 0. The topological polar surface area (TPSA) is 38.5 Å². The van der Waals surface area contributed by atoms with Crippen LogP contribution in [-0.2, 0) is 0 Å². The highest BCUT2D eigenvalue weighted by Gasteiger charge is 2.36. The number of halogens is 3. The van der Waals surface area contributed by atoms with Crippen LogP contribution in [-0.4, -0.2) is 37.3 Å². The fourth-order valence-corrected chi connectivity index (χ4v) is 2.24. The standard InChI is InChI=1S/C14H21F3N2O/c1-10(2)19(9-14(15,16)17)12(8-18)11-6-4-5-7-13(11)20-3/h4-7,10,12H,8-9,18H2,1-3H3. The second kappa shape index (κ2) is 6.95. The van der Waals surface area contributed by atoms with Gasteiger partial charge in [0, 0.05) is 18.2 Å². The van der Waals surface area contributed by atoms with E-state index in [0.717, 1.165) is 0 Å². The number of hydrogen-bond donors (Lipinski definition) is 1. The van der Waals surface area contributed by atoms with Crippen molar-refractivity contribution < 1.29 is 17.9 Å². The number of para-hydroxylation sites is 1. The summed E-state index contributed by atoms with van der Waals surface area (Å²) in [6.07, 6.45) is -4.26. The first kappa shape index (κ1) is 16.8. The molecule has 1 aromatic rings. The zero-order chi connectivity index (χ0) is 15.3. The summed E-state index contributed by atoms with van der Waals surface area (Å²) < 4.78 is 43.5. The Kier molecular flexibility index (Phi) is 5.83. The molecule has 3 nitrogen and oxygen atoms in total. The van der Waals surface area contributed by atoms with Crippen LogP contribution >= 0.6 is 0 Å². The molecule has 0 saturated heterocycles. The van der Waals surface area contributed by atoms with Crippen molar-refractivity contribution in [2.45, 2.75) is 32.1 Å². The molecule has 6 heteroatoms. The summed E-state index contributed by atoms with van der Waals surface area (Å²) in [7, 11) is 1.50. The van der Waals surface area contributed by atoms with Gasteiger partial charge < -0.3 is 10.5 Å². The van der Waals surface area contributed by atoms with Gasteiger partial charge in [-0.15, -0.1) is 0 Å². The largest absolute Gasteiger partial charge is 0.496 e. The lowest BCUT2D eigenvalue weighted by Gasteiger charge is -2.35. The molecule has 0 aliphatic heterocycles. The first-order valence-electron chi connectivity index (χ1n) is 6.45. The summed E-state index contributed by atoms with van der Waals surface area (Å²) in [5.41, 5.74) is 6.40. The third-order valence-electron chi connectivity index (χ3n) is 3.15. The van der Waals surface area contributed by atoms with Crippen molar-refractivity contribution >= 4 is 0 Å². The van der Waals surface area contributed by atoms with Crippen LogP contribution in [0.25, 0.3) is 0 Å². The van der Waals surface area contributed by atoms with Gasteiger partial charge in [0.1, 0.15) is 5.75 Å². The predicted molar refractivity (Wildman–Crippen MR) is 72.7 cm³/mol. The maximum absolute atomic E-state index is 12.7. The minimum Gasteiger partial charge on any atom is -0.496 e. The predicted octanol–water partition coefficient (Wildman–Crippen LogP) is 2.97. The normalized spacial score (nSPS) is 13.8. The number of methoxy groups -OCH3 is 1. The summed E-state index contributed by atoms with van der Waals surface area (Å²) in [6, 6.07) is 6.21. The first-order valence-corrected chi connectivity index (χ1v) is 6.45. The molecule has 0 aromatic heterocycles. The Morgan fingerprint density at radius 2 is 1.85 bits per heavy atom. The van der Waals surface area contributed by atoms with Gasteiger partial charge in [-0.2, -0.15) is 13.2 Å². The lowest BCUT2D eigenvalue weighted by Crippen LogP contribution is -2.44.